The zero-order chi connectivity index (χ0) is 12.1. The number of halogens is 2. The van der Waals surface area contributed by atoms with Crippen molar-refractivity contribution in [3.63, 3.8) is 0 Å². The van der Waals surface area contributed by atoms with E-state index in [-0.39, 0.29) is 12.2 Å². The molecule has 0 fully saturated rings. The van der Waals surface area contributed by atoms with Crippen LogP contribution in [0, 0.1) is 0 Å². The van der Waals surface area contributed by atoms with E-state index < -0.39 is 5.97 Å². The highest BCUT2D eigenvalue weighted by Crippen LogP contribution is 2.28. The average molecular weight is 350 g/mol. The second-order valence-electron chi connectivity index (χ2n) is 3.08. The van der Waals surface area contributed by atoms with Crippen molar-refractivity contribution in [2.75, 3.05) is 6.61 Å². The normalized spacial score (nSPS) is 11.3. The SMILES string of the molecule is CC(=CCOc1ccc(Br)cc1Br)C(=O)O. The van der Waals surface area contributed by atoms with Gasteiger partial charge in [-0.15, -0.1) is 0 Å². The first-order chi connectivity index (χ1) is 7.50. The maximum absolute atomic E-state index is 10.5. The molecule has 0 saturated carbocycles. The summed E-state index contributed by atoms with van der Waals surface area (Å²) in [6.45, 7) is 1.76. The second kappa shape index (κ2) is 6.06. The van der Waals surface area contributed by atoms with Crippen LogP contribution < -0.4 is 4.74 Å². The minimum atomic E-state index is -0.932. The van der Waals surface area contributed by atoms with Crippen LogP contribution in [0.2, 0.25) is 0 Å². The fourth-order valence-corrected chi connectivity index (χ4v) is 2.10. The molecule has 1 rings (SSSR count). The highest BCUT2D eigenvalue weighted by molar-refractivity contribution is 9.11. The van der Waals surface area contributed by atoms with E-state index in [0.29, 0.717) is 5.75 Å². The number of benzene rings is 1. The molecule has 1 aromatic rings. The first kappa shape index (κ1) is 13.3. The van der Waals surface area contributed by atoms with Gasteiger partial charge >= 0.3 is 5.97 Å². The van der Waals surface area contributed by atoms with Gasteiger partial charge in [-0.2, -0.15) is 0 Å². The number of aliphatic carboxylic acids is 1. The predicted octanol–water partition coefficient (Wildman–Crippen LogP) is 3.62. The van der Waals surface area contributed by atoms with Gasteiger partial charge in [-0.05, 0) is 47.1 Å². The van der Waals surface area contributed by atoms with Crippen molar-refractivity contribution in [3.8, 4) is 5.75 Å². The van der Waals surface area contributed by atoms with E-state index in [4.69, 9.17) is 9.84 Å². The Kier molecular flexibility index (Phi) is 5.02. The first-order valence-electron chi connectivity index (χ1n) is 4.48. The largest absolute Gasteiger partial charge is 0.488 e. The minimum absolute atomic E-state index is 0.234. The van der Waals surface area contributed by atoms with Crippen LogP contribution in [0.1, 0.15) is 6.92 Å². The summed E-state index contributed by atoms with van der Waals surface area (Å²) >= 11 is 6.68. The van der Waals surface area contributed by atoms with Crippen LogP contribution in [0.25, 0.3) is 0 Å². The molecular formula is C11H10Br2O3. The highest BCUT2D eigenvalue weighted by Gasteiger charge is 2.02. The first-order valence-corrected chi connectivity index (χ1v) is 6.07. The van der Waals surface area contributed by atoms with Crippen LogP contribution in [-0.4, -0.2) is 17.7 Å². The molecule has 0 heterocycles. The number of carbonyl (C=O) groups is 1. The molecular weight excluding hydrogens is 340 g/mol. The summed E-state index contributed by atoms with van der Waals surface area (Å²) in [4.78, 5) is 10.5. The molecule has 0 saturated heterocycles. The summed E-state index contributed by atoms with van der Waals surface area (Å²) in [6, 6.07) is 5.52. The van der Waals surface area contributed by atoms with Crippen molar-refractivity contribution in [2.24, 2.45) is 0 Å². The smallest absolute Gasteiger partial charge is 0.331 e. The van der Waals surface area contributed by atoms with Crippen LogP contribution in [0.15, 0.2) is 38.8 Å². The third-order valence-electron chi connectivity index (χ3n) is 1.86. The van der Waals surface area contributed by atoms with Gasteiger partial charge in [0.2, 0.25) is 0 Å². The number of hydrogen-bond donors (Lipinski definition) is 1. The van der Waals surface area contributed by atoms with Crippen molar-refractivity contribution < 1.29 is 14.6 Å². The van der Waals surface area contributed by atoms with Crippen LogP contribution in [0.5, 0.6) is 5.75 Å². The van der Waals surface area contributed by atoms with Crippen molar-refractivity contribution in [3.05, 3.63) is 38.8 Å². The Morgan fingerprint density at radius 1 is 1.50 bits per heavy atom. The van der Waals surface area contributed by atoms with E-state index in [9.17, 15) is 4.79 Å². The Labute approximate surface area is 110 Å². The lowest BCUT2D eigenvalue weighted by Crippen LogP contribution is -2.01. The third kappa shape index (κ3) is 3.98. The van der Waals surface area contributed by atoms with E-state index in [2.05, 4.69) is 31.9 Å². The second-order valence-corrected chi connectivity index (χ2v) is 4.85. The lowest BCUT2D eigenvalue weighted by atomic mass is 10.3. The Morgan fingerprint density at radius 2 is 2.19 bits per heavy atom. The fourth-order valence-electron chi connectivity index (χ4n) is 0.936. The maximum Gasteiger partial charge on any atom is 0.331 e. The Morgan fingerprint density at radius 3 is 2.75 bits per heavy atom. The van der Waals surface area contributed by atoms with Gasteiger partial charge < -0.3 is 9.84 Å². The van der Waals surface area contributed by atoms with E-state index in [1.807, 2.05) is 12.1 Å². The summed E-state index contributed by atoms with van der Waals surface area (Å²) in [5.74, 6) is -0.254. The van der Waals surface area contributed by atoms with Gasteiger partial charge in [0.05, 0.1) is 4.47 Å². The zero-order valence-corrected chi connectivity index (χ0v) is 11.7. The van der Waals surface area contributed by atoms with Crippen molar-refractivity contribution in [2.45, 2.75) is 6.92 Å². The highest BCUT2D eigenvalue weighted by atomic mass is 79.9. The molecule has 0 radical (unpaired) electrons. The minimum Gasteiger partial charge on any atom is -0.488 e. The fraction of sp³-hybridized carbons (Fsp3) is 0.182. The van der Waals surface area contributed by atoms with Gasteiger partial charge in [-0.25, -0.2) is 4.79 Å². The number of carboxylic acid groups (broad SMARTS) is 1. The molecule has 1 N–H and O–H groups in total. The molecule has 1 aromatic carbocycles. The average Bonchev–Trinajstić information content (AvgIpc) is 2.20. The molecule has 0 aliphatic heterocycles. The van der Waals surface area contributed by atoms with Gasteiger partial charge in [0, 0.05) is 10.0 Å². The van der Waals surface area contributed by atoms with E-state index >= 15 is 0 Å². The standard InChI is InChI=1S/C11H10Br2O3/c1-7(11(14)15)4-5-16-10-3-2-8(12)6-9(10)13/h2-4,6H,5H2,1H3,(H,14,15). The molecule has 5 heteroatoms. The van der Waals surface area contributed by atoms with Crippen LogP contribution in [0.3, 0.4) is 0 Å². The van der Waals surface area contributed by atoms with Crippen LogP contribution in [0.4, 0.5) is 0 Å². The number of hydrogen-bond acceptors (Lipinski definition) is 2. The molecule has 0 bridgehead atoms. The lowest BCUT2D eigenvalue weighted by Gasteiger charge is -2.06. The van der Waals surface area contributed by atoms with Crippen molar-refractivity contribution >= 4 is 37.8 Å². The molecule has 0 aliphatic rings. The molecule has 0 spiro atoms. The molecule has 0 unspecified atom stereocenters. The summed E-state index contributed by atoms with van der Waals surface area (Å²) in [7, 11) is 0. The molecule has 86 valence electrons. The maximum atomic E-state index is 10.5. The predicted molar refractivity (Wildman–Crippen MR) is 68.7 cm³/mol. The molecule has 0 amide bonds. The van der Waals surface area contributed by atoms with Gasteiger partial charge in [-0.1, -0.05) is 15.9 Å². The molecule has 0 aromatic heterocycles. The summed E-state index contributed by atoms with van der Waals surface area (Å²) in [5, 5.41) is 8.63. The number of carboxylic acids is 1. The summed E-state index contributed by atoms with van der Waals surface area (Å²) < 4.78 is 7.18. The Bertz CT molecular complexity index is 427. The van der Waals surface area contributed by atoms with Gasteiger partial charge in [0.25, 0.3) is 0 Å². The van der Waals surface area contributed by atoms with Crippen molar-refractivity contribution in [1.29, 1.82) is 0 Å². The third-order valence-corrected chi connectivity index (χ3v) is 2.97. The van der Waals surface area contributed by atoms with Crippen LogP contribution >= 0.6 is 31.9 Å². The quantitative estimate of drug-likeness (QED) is 0.844. The summed E-state index contributed by atoms with van der Waals surface area (Å²) in [6.07, 6.45) is 1.52. The Balaban J connectivity index is 2.62. The lowest BCUT2D eigenvalue weighted by molar-refractivity contribution is -0.132. The molecule has 0 aliphatic carbocycles. The van der Waals surface area contributed by atoms with Gasteiger partial charge in [0.15, 0.2) is 0 Å². The van der Waals surface area contributed by atoms with E-state index in [0.717, 1.165) is 8.95 Å². The topological polar surface area (TPSA) is 46.5 Å². The van der Waals surface area contributed by atoms with E-state index in [1.165, 1.54) is 13.0 Å². The van der Waals surface area contributed by atoms with Crippen molar-refractivity contribution in [1.82, 2.24) is 0 Å². The Hall–Kier alpha value is -0.810. The molecule has 3 nitrogen and oxygen atoms in total. The van der Waals surface area contributed by atoms with Gasteiger partial charge in [0.1, 0.15) is 12.4 Å². The number of ether oxygens (including phenoxy) is 1. The molecule has 0 atom stereocenters. The zero-order valence-electron chi connectivity index (χ0n) is 8.54. The number of rotatable bonds is 4. The monoisotopic (exact) mass is 348 g/mol. The van der Waals surface area contributed by atoms with E-state index in [1.54, 1.807) is 6.07 Å². The summed E-state index contributed by atoms with van der Waals surface area (Å²) in [5.41, 5.74) is 0.272. The van der Waals surface area contributed by atoms with Crippen LogP contribution in [-0.2, 0) is 4.79 Å². The van der Waals surface area contributed by atoms with Gasteiger partial charge in [-0.3, -0.25) is 0 Å². The molecule has 16 heavy (non-hydrogen) atoms.